The van der Waals surface area contributed by atoms with Crippen LogP contribution in [-0.4, -0.2) is 32.5 Å². The van der Waals surface area contributed by atoms with Crippen molar-refractivity contribution in [2.75, 3.05) is 5.75 Å². The van der Waals surface area contributed by atoms with Crippen LogP contribution >= 0.6 is 11.8 Å². The van der Waals surface area contributed by atoms with Crippen molar-refractivity contribution in [2.45, 2.75) is 58.2 Å². The third kappa shape index (κ3) is 5.75. The molecule has 0 fully saturated rings. The molecule has 3 rings (SSSR count). The van der Waals surface area contributed by atoms with Gasteiger partial charge in [-0.15, -0.1) is 10.2 Å². The van der Waals surface area contributed by atoms with Crippen LogP contribution in [0.5, 0.6) is 0 Å². The Morgan fingerprint density at radius 3 is 2.57 bits per heavy atom. The molecule has 0 aliphatic carbocycles. The summed E-state index contributed by atoms with van der Waals surface area (Å²) >= 11 is 1.39. The number of benzene rings is 1. The molecule has 1 unspecified atom stereocenters. The Bertz CT molecular complexity index is 949. The number of nitrogens with zero attached hydrogens (tertiary/aromatic N) is 3. The number of thioether (sulfide) groups is 1. The Morgan fingerprint density at radius 1 is 1.13 bits per heavy atom. The molecule has 7 heteroatoms. The lowest BCUT2D eigenvalue weighted by atomic mass is 10.0. The molecule has 0 aliphatic heterocycles. The van der Waals surface area contributed by atoms with Crippen LogP contribution in [0.15, 0.2) is 52.2 Å². The van der Waals surface area contributed by atoms with Crippen LogP contribution in [0.1, 0.15) is 45.8 Å². The van der Waals surface area contributed by atoms with E-state index in [1.807, 2.05) is 47.9 Å². The van der Waals surface area contributed by atoms with Gasteiger partial charge < -0.3 is 9.73 Å². The van der Waals surface area contributed by atoms with Crippen molar-refractivity contribution in [1.82, 2.24) is 20.1 Å². The molecule has 0 aliphatic rings. The van der Waals surface area contributed by atoms with Gasteiger partial charge in [-0.3, -0.25) is 9.36 Å². The Labute approximate surface area is 182 Å². The second kappa shape index (κ2) is 10.5. The number of carbonyl (C=O) groups is 1. The highest BCUT2D eigenvalue weighted by molar-refractivity contribution is 7.99. The van der Waals surface area contributed by atoms with E-state index in [9.17, 15) is 4.79 Å². The molecule has 0 saturated carbocycles. The molecule has 3 aromatic rings. The second-order valence-electron chi connectivity index (χ2n) is 7.95. The second-order valence-corrected chi connectivity index (χ2v) is 8.89. The van der Waals surface area contributed by atoms with Crippen molar-refractivity contribution >= 4 is 17.7 Å². The van der Waals surface area contributed by atoms with E-state index in [4.69, 9.17) is 4.42 Å². The SMILES string of the molecule is Cc1occc1-c1nnc(SCC(=O)NC(C)CCCC(C)C)n1-c1ccccc1. The maximum atomic E-state index is 12.5. The van der Waals surface area contributed by atoms with E-state index in [0.717, 1.165) is 29.9 Å². The third-order valence-corrected chi connectivity index (χ3v) is 5.83. The summed E-state index contributed by atoms with van der Waals surface area (Å²) in [7, 11) is 0. The van der Waals surface area contributed by atoms with Crippen LogP contribution in [0.25, 0.3) is 17.1 Å². The standard InChI is InChI=1S/C23H30N4O2S/c1-16(2)9-8-10-17(3)24-21(28)15-30-23-26-25-22(20-13-14-29-18(20)4)27(23)19-11-6-5-7-12-19/h5-7,11-14,16-17H,8-10,15H2,1-4H3,(H,24,28). The zero-order valence-corrected chi connectivity index (χ0v) is 18.9. The first-order valence-corrected chi connectivity index (χ1v) is 11.4. The van der Waals surface area contributed by atoms with E-state index < -0.39 is 0 Å². The lowest BCUT2D eigenvalue weighted by Gasteiger charge is -2.14. The fourth-order valence-corrected chi connectivity index (χ4v) is 4.08. The van der Waals surface area contributed by atoms with Gasteiger partial charge in [-0.25, -0.2) is 0 Å². The molecule has 1 atom stereocenters. The number of hydrogen-bond acceptors (Lipinski definition) is 5. The van der Waals surface area contributed by atoms with E-state index in [-0.39, 0.29) is 11.9 Å². The van der Waals surface area contributed by atoms with E-state index >= 15 is 0 Å². The van der Waals surface area contributed by atoms with Crippen molar-refractivity contribution in [3.8, 4) is 17.1 Å². The predicted molar refractivity (Wildman–Crippen MR) is 121 cm³/mol. The molecule has 6 nitrogen and oxygen atoms in total. The predicted octanol–water partition coefficient (Wildman–Crippen LogP) is 5.26. The summed E-state index contributed by atoms with van der Waals surface area (Å²) in [5.41, 5.74) is 1.84. The van der Waals surface area contributed by atoms with Crippen molar-refractivity contribution < 1.29 is 9.21 Å². The molecule has 2 aromatic heterocycles. The summed E-state index contributed by atoms with van der Waals surface area (Å²) in [5.74, 6) is 2.49. The zero-order valence-electron chi connectivity index (χ0n) is 18.1. The maximum absolute atomic E-state index is 12.5. The van der Waals surface area contributed by atoms with Crippen LogP contribution in [-0.2, 0) is 4.79 Å². The number of nitrogens with one attached hydrogen (secondary N) is 1. The fraction of sp³-hybridized carbons (Fsp3) is 0.435. The van der Waals surface area contributed by atoms with Crippen molar-refractivity contribution in [2.24, 2.45) is 5.92 Å². The first-order chi connectivity index (χ1) is 14.5. The van der Waals surface area contributed by atoms with Crippen molar-refractivity contribution in [3.63, 3.8) is 0 Å². The number of amides is 1. The van der Waals surface area contributed by atoms with E-state index in [0.29, 0.717) is 22.7 Å². The normalized spacial score (nSPS) is 12.3. The van der Waals surface area contributed by atoms with Crippen LogP contribution in [0.3, 0.4) is 0 Å². The quantitative estimate of drug-likeness (QED) is 0.448. The van der Waals surface area contributed by atoms with Gasteiger partial charge in [0.25, 0.3) is 0 Å². The molecule has 1 aromatic carbocycles. The number of hydrogen-bond donors (Lipinski definition) is 1. The number of furan rings is 1. The summed E-state index contributed by atoms with van der Waals surface area (Å²) in [6, 6.07) is 12.0. The molecule has 160 valence electrons. The molecule has 0 saturated heterocycles. The average Bonchev–Trinajstić information content (AvgIpc) is 3.32. The average molecular weight is 427 g/mol. The Kier molecular flexibility index (Phi) is 7.74. The van der Waals surface area contributed by atoms with E-state index in [2.05, 4.69) is 36.3 Å². The molecular weight excluding hydrogens is 396 g/mol. The van der Waals surface area contributed by atoms with Crippen LogP contribution in [0.2, 0.25) is 0 Å². The molecule has 30 heavy (non-hydrogen) atoms. The minimum absolute atomic E-state index is 0.0145. The van der Waals surface area contributed by atoms with Gasteiger partial charge in [0, 0.05) is 11.7 Å². The maximum Gasteiger partial charge on any atom is 0.230 e. The topological polar surface area (TPSA) is 72.9 Å². The molecule has 1 amide bonds. The fourth-order valence-electron chi connectivity index (χ4n) is 3.32. The summed E-state index contributed by atoms with van der Waals surface area (Å²) in [6.45, 7) is 8.42. The summed E-state index contributed by atoms with van der Waals surface area (Å²) in [5, 5.41) is 12.5. The molecule has 0 radical (unpaired) electrons. The van der Waals surface area contributed by atoms with Crippen molar-refractivity contribution in [1.29, 1.82) is 0 Å². The summed E-state index contributed by atoms with van der Waals surface area (Å²) in [6.07, 6.45) is 4.96. The Morgan fingerprint density at radius 2 is 1.90 bits per heavy atom. The summed E-state index contributed by atoms with van der Waals surface area (Å²) < 4.78 is 7.43. The van der Waals surface area contributed by atoms with Crippen LogP contribution in [0, 0.1) is 12.8 Å². The molecule has 0 bridgehead atoms. The van der Waals surface area contributed by atoms with Gasteiger partial charge in [-0.05, 0) is 44.4 Å². The van der Waals surface area contributed by atoms with Gasteiger partial charge in [0.05, 0.1) is 17.6 Å². The first-order valence-electron chi connectivity index (χ1n) is 10.4. The van der Waals surface area contributed by atoms with Gasteiger partial charge in [0.1, 0.15) is 5.76 Å². The molecule has 2 heterocycles. The highest BCUT2D eigenvalue weighted by atomic mass is 32.2. The lowest BCUT2D eigenvalue weighted by Crippen LogP contribution is -2.33. The Balaban J connectivity index is 1.70. The number of para-hydroxylation sites is 1. The number of carbonyl (C=O) groups excluding carboxylic acids is 1. The van der Waals surface area contributed by atoms with Gasteiger partial charge in [-0.1, -0.05) is 56.7 Å². The van der Waals surface area contributed by atoms with Gasteiger partial charge in [-0.2, -0.15) is 0 Å². The number of aryl methyl sites for hydroxylation is 1. The van der Waals surface area contributed by atoms with Gasteiger partial charge >= 0.3 is 0 Å². The van der Waals surface area contributed by atoms with Crippen LogP contribution < -0.4 is 5.32 Å². The highest BCUT2D eigenvalue weighted by Crippen LogP contribution is 2.30. The molecule has 1 N–H and O–H groups in total. The minimum atomic E-state index is 0.0145. The lowest BCUT2D eigenvalue weighted by molar-refractivity contribution is -0.119. The Hall–Kier alpha value is -2.54. The monoisotopic (exact) mass is 426 g/mol. The number of rotatable bonds is 10. The van der Waals surface area contributed by atoms with Gasteiger partial charge in [0.2, 0.25) is 5.91 Å². The zero-order chi connectivity index (χ0) is 21.5. The molecule has 0 spiro atoms. The van der Waals surface area contributed by atoms with E-state index in [1.54, 1.807) is 6.26 Å². The largest absolute Gasteiger partial charge is 0.469 e. The smallest absolute Gasteiger partial charge is 0.230 e. The number of aromatic nitrogens is 3. The van der Waals surface area contributed by atoms with Crippen molar-refractivity contribution in [3.05, 3.63) is 48.4 Å². The highest BCUT2D eigenvalue weighted by Gasteiger charge is 2.20. The third-order valence-electron chi connectivity index (χ3n) is 4.91. The molecular formula is C23H30N4O2S. The van der Waals surface area contributed by atoms with Crippen LogP contribution in [0.4, 0.5) is 0 Å². The van der Waals surface area contributed by atoms with Gasteiger partial charge in [0.15, 0.2) is 11.0 Å². The first kappa shape index (κ1) is 22.2. The minimum Gasteiger partial charge on any atom is -0.469 e. The summed E-state index contributed by atoms with van der Waals surface area (Å²) in [4.78, 5) is 12.5. The van der Waals surface area contributed by atoms with E-state index in [1.165, 1.54) is 18.2 Å².